The molecule has 1 atom stereocenters. The van der Waals surface area contributed by atoms with Crippen LogP contribution in [0.2, 0.25) is 0 Å². The van der Waals surface area contributed by atoms with E-state index in [2.05, 4.69) is 46.6 Å². The van der Waals surface area contributed by atoms with Crippen LogP contribution in [0.15, 0.2) is 34.9 Å². The summed E-state index contributed by atoms with van der Waals surface area (Å²) >= 11 is 0. The average Bonchev–Trinajstić information content (AvgIpc) is 3.16. The summed E-state index contributed by atoms with van der Waals surface area (Å²) < 4.78 is 5.53. The van der Waals surface area contributed by atoms with Crippen LogP contribution in [0.1, 0.15) is 37.0 Å². The molecule has 1 saturated heterocycles. The van der Waals surface area contributed by atoms with Crippen LogP contribution in [0.25, 0.3) is 0 Å². The van der Waals surface area contributed by atoms with Gasteiger partial charge in [-0.3, -0.25) is 0 Å². The van der Waals surface area contributed by atoms with E-state index in [1.165, 1.54) is 5.56 Å². The molecule has 4 heteroatoms. The first-order valence-electron chi connectivity index (χ1n) is 7.40. The Morgan fingerprint density at radius 3 is 2.80 bits per heavy atom. The lowest BCUT2D eigenvalue weighted by Crippen LogP contribution is -2.28. The Kier molecular flexibility index (Phi) is 3.83. The van der Waals surface area contributed by atoms with Crippen LogP contribution in [0.4, 0.5) is 0 Å². The summed E-state index contributed by atoms with van der Waals surface area (Å²) in [6, 6.07) is 10.4. The van der Waals surface area contributed by atoms with Crippen LogP contribution in [0.3, 0.4) is 0 Å². The van der Waals surface area contributed by atoms with Gasteiger partial charge in [0.25, 0.3) is 0 Å². The molecule has 1 fully saturated rings. The molecule has 4 nitrogen and oxygen atoms in total. The van der Waals surface area contributed by atoms with Crippen LogP contribution >= 0.6 is 0 Å². The summed E-state index contributed by atoms with van der Waals surface area (Å²) in [6.45, 7) is 4.18. The Bertz CT molecular complexity index is 544. The van der Waals surface area contributed by atoms with Gasteiger partial charge in [0, 0.05) is 13.0 Å². The van der Waals surface area contributed by atoms with Gasteiger partial charge < -0.3 is 9.84 Å². The lowest BCUT2D eigenvalue weighted by Gasteiger charge is -2.20. The first kappa shape index (κ1) is 13.3. The molecule has 1 unspecified atom stereocenters. The maximum Gasteiger partial charge on any atom is 0.234 e. The van der Waals surface area contributed by atoms with Crippen LogP contribution < -0.4 is 5.32 Å². The van der Waals surface area contributed by atoms with Gasteiger partial charge in [-0.1, -0.05) is 42.4 Å². The first-order valence-corrected chi connectivity index (χ1v) is 7.40. The van der Waals surface area contributed by atoms with Gasteiger partial charge in [0.05, 0.1) is 5.41 Å². The lowest BCUT2D eigenvalue weighted by atomic mass is 9.84. The molecule has 0 radical (unpaired) electrons. The van der Waals surface area contributed by atoms with E-state index in [0.717, 1.165) is 50.5 Å². The van der Waals surface area contributed by atoms with Crippen molar-refractivity contribution in [1.29, 1.82) is 0 Å². The fourth-order valence-electron chi connectivity index (χ4n) is 2.85. The summed E-state index contributed by atoms with van der Waals surface area (Å²) in [4.78, 5) is 4.63. The smallest absolute Gasteiger partial charge is 0.234 e. The van der Waals surface area contributed by atoms with Gasteiger partial charge in [-0.05, 0) is 31.4 Å². The summed E-state index contributed by atoms with van der Waals surface area (Å²) in [5.74, 6) is 1.64. The molecular formula is C16H21N3O. The molecule has 0 aliphatic carbocycles. The highest BCUT2D eigenvalue weighted by atomic mass is 16.5. The highest BCUT2D eigenvalue weighted by molar-refractivity contribution is 5.16. The number of aryl methyl sites for hydroxylation is 2. The average molecular weight is 271 g/mol. The Hall–Kier alpha value is -1.68. The van der Waals surface area contributed by atoms with E-state index in [9.17, 15) is 0 Å². The maximum absolute atomic E-state index is 5.53. The Labute approximate surface area is 119 Å². The van der Waals surface area contributed by atoms with E-state index in [1.54, 1.807) is 0 Å². The van der Waals surface area contributed by atoms with E-state index in [0.29, 0.717) is 0 Å². The van der Waals surface area contributed by atoms with Crippen molar-refractivity contribution in [1.82, 2.24) is 15.5 Å². The quantitative estimate of drug-likeness (QED) is 0.907. The van der Waals surface area contributed by atoms with Crippen LogP contribution in [-0.4, -0.2) is 23.2 Å². The van der Waals surface area contributed by atoms with Crippen molar-refractivity contribution in [2.24, 2.45) is 0 Å². The number of hydrogen-bond acceptors (Lipinski definition) is 4. The molecule has 20 heavy (non-hydrogen) atoms. The molecule has 0 spiro atoms. The standard InChI is InChI=1S/C16H21N3O/c1-2-16(10-11-17-12-16)15-18-14(19-20-15)9-8-13-6-4-3-5-7-13/h3-7,17H,2,8-12H2,1H3. The van der Waals surface area contributed by atoms with Crippen molar-refractivity contribution in [2.45, 2.75) is 38.0 Å². The predicted molar refractivity (Wildman–Crippen MR) is 77.6 cm³/mol. The molecule has 1 aliphatic heterocycles. The molecule has 1 N–H and O–H groups in total. The lowest BCUT2D eigenvalue weighted by molar-refractivity contribution is 0.283. The van der Waals surface area contributed by atoms with Gasteiger partial charge in [0.1, 0.15) is 0 Å². The van der Waals surface area contributed by atoms with E-state index in [-0.39, 0.29) is 5.41 Å². The molecule has 0 saturated carbocycles. The molecule has 106 valence electrons. The van der Waals surface area contributed by atoms with Crippen molar-refractivity contribution in [2.75, 3.05) is 13.1 Å². The van der Waals surface area contributed by atoms with Crippen molar-refractivity contribution in [3.05, 3.63) is 47.6 Å². The number of rotatable bonds is 5. The number of aromatic nitrogens is 2. The number of hydrogen-bond donors (Lipinski definition) is 1. The zero-order valence-corrected chi connectivity index (χ0v) is 11.9. The predicted octanol–water partition coefficient (Wildman–Crippen LogP) is 2.50. The van der Waals surface area contributed by atoms with E-state index >= 15 is 0 Å². The molecule has 3 rings (SSSR count). The van der Waals surface area contributed by atoms with Crippen molar-refractivity contribution in [3.63, 3.8) is 0 Å². The largest absolute Gasteiger partial charge is 0.339 e. The van der Waals surface area contributed by atoms with E-state index in [1.807, 2.05) is 6.07 Å². The number of nitrogens with one attached hydrogen (secondary N) is 1. The molecule has 2 aromatic rings. The van der Waals surface area contributed by atoms with Gasteiger partial charge in [-0.2, -0.15) is 4.98 Å². The fourth-order valence-corrected chi connectivity index (χ4v) is 2.85. The maximum atomic E-state index is 5.53. The van der Waals surface area contributed by atoms with E-state index in [4.69, 9.17) is 4.52 Å². The van der Waals surface area contributed by atoms with Gasteiger partial charge in [0.15, 0.2) is 5.82 Å². The molecular weight excluding hydrogens is 250 g/mol. The molecule has 1 aromatic heterocycles. The van der Waals surface area contributed by atoms with Gasteiger partial charge in [0.2, 0.25) is 5.89 Å². The molecule has 2 heterocycles. The Morgan fingerprint density at radius 1 is 1.25 bits per heavy atom. The Morgan fingerprint density at radius 2 is 2.10 bits per heavy atom. The van der Waals surface area contributed by atoms with Gasteiger partial charge in [-0.25, -0.2) is 0 Å². The summed E-state index contributed by atoms with van der Waals surface area (Å²) in [7, 11) is 0. The third-order valence-corrected chi connectivity index (χ3v) is 4.32. The minimum Gasteiger partial charge on any atom is -0.339 e. The third-order valence-electron chi connectivity index (χ3n) is 4.32. The van der Waals surface area contributed by atoms with E-state index < -0.39 is 0 Å². The summed E-state index contributed by atoms with van der Waals surface area (Å²) in [6.07, 6.45) is 3.92. The Balaban J connectivity index is 1.68. The van der Waals surface area contributed by atoms with Crippen molar-refractivity contribution < 1.29 is 4.52 Å². The molecule has 0 bridgehead atoms. The number of nitrogens with zero attached hydrogens (tertiary/aromatic N) is 2. The minimum absolute atomic E-state index is 0.0536. The molecule has 1 aliphatic rings. The normalized spacial score (nSPS) is 22.2. The van der Waals surface area contributed by atoms with Gasteiger partial charge in [-0.15, -0.1) is 0 Å². The molecule has 0 amide bonds. The second-order valence-electron chi connectivity index (χ2n) is 5.56. The molecule has 1 aromatic carbocycles. The van der Waals surface area contributed by atoms with Crippen LogP contribution in [0, 0.1) is 0 Å². The first-order chi connectivity index (χ1) is 9.82. The SMILES string of the molecule is CCC1(c2nc(CCc3ccccc3)no2)CCNC1. The third kappa shape index (κ3) is 2.61. The highest BCUT2D eigenvalue weighted by Gasteiger charge is 2.39. The van der Waals surface area contributed by atoms with Crippen LogP contribution in [0.5, 0.6) is 0 Å². The minimum atomic E-state index is 0.0536. The van der Waals surface area contributed by atoms with Crippen LogP contribution in [-0.2, 0) is 18.3 Å². The topological polar surface area (TPSA) is 51.0 Å². The monoisotopic (exact) mass is 271 g/mol. The zero-order valence-electron chi connectivity index (χ0n) is 11.9. The summed E-state index contributed by atoms with van der Waals surface area (Å²) in [5.41, 5.74) is 1.37. The fraction of sp³-hybridized carbons (Fsp3) is 0.500. The van der Waals surface area contributed by atoms with Gasteiger partial charge >= 0.3 is 0 Å². The number of benzene rings is 1. The zero-order chi connectivity index (χ0) is 13.8. The van der Waals surface area contributed by atoms with Crippen molar-refractivity contribution in [3.8, 4) is 0 Å². The van der Waals surface area contributed by atoms with Crippen molar-refractivity contribution >= 4 is 0 Å². The summed E-state index contributed by atoms with van der Waals surface area (Å²) in [5, 5.41) is 7.56. The second-order valence-corrected chi connectivity index (χ2v) is 5.56. The second kappa shape index (κ2) is 5.75. The highest BCUT2D eigenvalue weighted by Crippen LogP contribution is 2.32.